The molecule has 2 amide bonds. The highest BCUT2D eigenvalue weighted by atomic mass is 32.2. The Morgan fingerprint density at radius 2 is 1.65 bits per heavy atom. The van der Waals surface area contributed by atoms with Crippen molar-refractivity contribution < 1.29 is 22.2 Å². The molecule has 8 nitrogen and oxygen atoms in total. The minimum absolute atomic E-state index is 0.0278. The summed E-state index contributed by atoms with van der Waals surface area (Å²) in [5.74, 6) is -0.0314. The molecule has 2 rings (SSSR count). The van der Waals surface area contributed by atoms with Crippen LogP contribution in [0.5, 0.6) is 5.75 Å². The van der Waals surface area contributed by atoms with Gasteiger partial charge in [0.05, 0.1) is 0 Å². The van der Waals surface area contributed by atoms with E-state index >= 15 is 0 Å². The summed E-state index contributed by atoms with van der Waals surface area (Å²) in [6.45, 7) is 9.08. The van der Waals surface area contributed by atoms with Crippen molar-refractivity contribution in [2.75, 3.05) is 32.5 Å². The van der Waals surface area contributed by atoms with Gasteiger partial charge in [-0.2, -0.15) is 8.42 Å². The van der Waals surface area contributed by atoms with Gasteiger partial charge in [0.15, 0.2) is 0 Å². The monoisotopic (exact) mass is 489 g/mol. The average Bonchev–Trinajstić information content (AvgIpc) is 2.69. The molecule has 2 aromatic rings. The van der Waals surface area contributed by atoms with Crippen molar-refractivity contribution in [3.05, 3.63) is 54.1 Å². The van der Waals surface area contributed by atoms with E-state index in [1.54, 1.807) is 23.1 Å². The Morgan fingerprint density at radius 3 is 2.21 bits per heavy atom. The third-order valence-corrected chi connectivity index (χ3v) is 6.05. The molecule has 0 heterocycles. The number of likely N-dealkylation sites (N-methyl/N-ethyl adjacent to an activating group) is 1. The van der Waals surface area contributed by atoms with E-state index in [2.05, 4.69) is 5.32 Å². The van der Waals surface area contributed by atoms with Crippen LogP contribution in [0.15, 0.2) is 53.4 Å². The predicted octanol–water partition coefficient (Wildman–Crippen LogP) is 3.74. The van der Waals surface area contributed by atoms with Gasteiger partial charge < -0.3 is 19.3 Å². The van der Waals surface area contributed by atoms with E-state index in [1.807, 2.05) is 45.8 Å². The Kier molecular flexibility index (Phi) is 9.23. The van der Waals surface area contributed by atoms with Crippen LogP contribution < -0.4 is 9.50 Å². The number of benzene rings is 2. The molecule has 2 aromatic carbocycles. The number of carbonyl (C=O) groups is 2. The van der Waals surface area contributed by atoms with Gasteiger partial charge in [-0.05, 0) is 61.5 Å². The van der Waals surface area contributed by atoms with Crippen LogP contribution in [-0.4, -0.2) is 57.2 Å². The number of amides is 2. The molecule has 0 aliphatic carbocycles. The molecule has 0 radical (unpaired) electrons. The minimum Gasteiger partial charge on any atom is -0.379 e. The standard InChI is InChI=1S/C25H35N3O5S/c1-19(29)26-21-10-12-23(13-11-21)34(31,32)33-22-9-7-8-20(16-22)18-28(15-14-27(5)6)24(30)17-25(2,3)4/h7-13,16H,14-15,17-18H2,1-6H3,(H,26,29). The number of nitrogens with zero attached hydrogens (tertiary/aromatic N) is 2. The van der Waals surface area contributed by atoms with Crippen molar-refractivity contribution in [1.29, 1.82) is 0 Å². The van der Waals surface area contributed by atoms with E-state index in [9.17, 15) is 18.0 Å². The van der Waals surface area contributed by atoms with Crippen LogP contribution in [0.3, 0.4) is 0 Å². The lowest BCUT2D eigenvalue weighted by Crippen LogP contribution is -2.37. The van der Waals surface area contributed by atoms with Gasteiger partial charge in [-0.3, -0.25) is 9.59 Å². The zero-order valence-corrected chi connectivity index (χ0v) is 21.6. The molecule has 0 saturated heterocycles. The molecular formula is C25H35N3O5S. The summed E-state index contributed by atoms with van der Waals surface area (Å²) in [5.41, 5.74) is 1.13. The highest BCUT2D eigenvalue weighted by Crippen LogP contribution is 2.24. The summed E-state index contributed by atoms with van der Waals surface area (Å²) in [5, 5.41) is 2.59. The number of hydrogen-bond acceptors (Lipinski definition) is 6. The van der Waals surface area contributed by atoms with Crippen LogP contribution in [0.2, 0.25) is 0 Å². The van der Waals surface area contributed by atoms with Crippen LogP contribution in [0.4, 0.5) is 5.69 Å². The summed E-state index contributed by atoms with van der Waals surface area (Å²) in [6.07, 6.45) is 0.416. The lowest BCUT2D eigenvalue weighted by atomic mass is 9.91. The molecule has 0 spiro atoms. The Morgan fingerprint density at radius 1 is 1.00 bits per heavy atom. The molecule has 0 aromatic heterocycles. The van der Waals surface area contributed by atoms with Gasteiger partial charge in [0.1, 0.15) is 10.6 Å². The topological polar surface area (TPSA) is 96.0 Å². The second-order valence-corrected chi connectivity index (χ2v) is 11.3. The number of anilines is 1. The van der Waals surface area contributed by atoms with Crippen LogP contribution >= 0.6 is 0 Å². The normalized spacial score (nSPS) is 11.9. The van der Waals surface area contributed by atoms with Gasteiger partial charge >= 0.3 is 10.1 Å². The Bertz CT molecular complexity index is 1090. The first kappa shape index (κ1) is 27.3. The lowest BCUT2D eigenvalue weighted by Gasteiger charge is -2.28. The summed E-state index contributed by atoms with van der Waals surface area (Å²) in [7, 11) is -0.160. The van der Waals surface area contributed by atoms with Crippen LogP contribution in [0, 0.1) is 5.41 Å². The third kappa shape index (κ3) is 9.15. The maximum Gasteiger partial charge on any atom is 0.339 e. The van der Waals surface area contributed by atoms with Crippen molar-refractivity contribution in [2.24, 2.45) is 5.41 Å². The Balaban J connectivity index is 2.17. The molecule has 0 bridgehead atoms. The van der Waals surface area contributed by atoms with Crippen molar-refractivity contribution in [3.63, 3.8) is 0 Å². The van der Waals surface area contributed by atoms with E-state index < -0.39 is 10.1 Å². The Hall–Kier alpha value is -2.91. The Labute approximate surface area is 203 Å². The summed E-state index contributed by atoms with van der Waals surface area (Å²) >= 11 is 0. The van der Waals surface area contributed by atoms with Crippen LogP contribution in [-0.2, 0) is 26.3 Å². The molecular weight excluding hydrogens is 454 g/mol. The van der Waals surface area contributed by atoms with E-state index in [0.29, 0.717) is 25.2 Å². The number of nitrogens with one attached hydrogen (secondary N) is 1. The van der Waals surface area contributed by atoms with Crippen molar-refractivity contribution in [2.45, 2.75) is 45.6 Å². The fraction of sp³-hybridized carbons (Fsp3) is 0.440. The van der Waals surface area contributed by atoms with Gasteiger partial charge in [0, 0.05) is 38.7 Å². The van der Waals surface area contributed by atoms with Crippen molar-refractivity contribution >= 4 is 27.6 Å². The fourth-order valence-electron chi connectivity index (χ4n) is 3.18. The molecule has 0 atom stereocenters. The molecule has 1 N–H and O–H groups in total. The van der Waals surface area contributed by atoms with E-state index in [-0.39, 0.29) is 27.9 Å². The zero-order chi connectivity index (χ0) is 25.5. The second kappa shape index (κ2) is 11.5. The molecule has 0 aliphatic rings. The first-order valence-electron chi connectivity index (χ1n) is 11.1. The predicted molar refractivity (Wildman–Crippen MR) is 133 cm³/mol. The number of rotatable bonds is 10. The zero-order valence-electron chi connectivity index (χ0n) is 20.8. The van der Waals surface area contributed by atoms with E-state index in [1.165, 1.54) is 31.2 Å². The second-order valence-electron chi connectivity index (χ2n) is 9.75. The lowest BCUT2D eigenvalue weighted by molar-refractivity contribution is -0.133. The summed E-state index contributed by atoms with van der Waals surface area (Å²) in [6, 6.07) is 12.5. The highest BCUT2D eigenvalue weighted by molar-refractivity contribution is 7.87. The maximum absolute atomic E-state index is 12.9. The molecule has 0 fully saturated rings. The molecule has 0 saturated carbocycles. The molecule has 34 heavy (non-hydrogen) atoms. The SMILES string of the molecule is CC(=O)Nc1ccc(S(=O)(=O)Oc2cccc(CN(CCN(C)C)C(=O)CC(C)(C)C)c2)cc1. The van der Waals surface area contributed by atoms with Crippen LogP contribution in [0.25, 0.3) is 0 Å². The highest BCUT2D eigenvalue weighted by Gasteiger charge is 2.22. The van der Waals surface area contributed by atoms with Gasteiger partial charge in [-0.1, -0.05) is 32.9 Å². The largest absolute Gasteiger partial charge is 0.379 e. The fourth-order valence-corrected chi connectivity index (χ4v) is 4.10. The maximum atomic E-state index is 12.9. The minimum atomic E-state index is -4.07. The van der Waals surface area contributed by atoms with Gasteiger partial charge in [-0.15, -0.1) is 0 Å². The molecule has 186 valence electrons. The first-order chi connectivity index (χ1) is 15.7. The molecule has 0 aliphatic heterocycles. The smallest absolute Gasteiger partial charge is 0.339 e. The van der Waals surface area contributed by atoms with Crippen LogP contribution in [0.1, 0.15) is 39.7 Å². The molecule has 9 heteroatoms. The van der Waals surface area contributed by atoms with Crippen molar-refractivity contribution in [3.8, 4) is 5.75 Å². The summed E-state index contributed by atoms with van der Waals surface area (Å²) in [4.78, 5) is 27.8. The summed E-state index contributed by atoms with van der Waals surface area (Å²) < 4.78 is 30.8. The number of carbonyl (C=O) groups excluding carboxylic acids is 2. The van der Waals surface area contributed by atoms with Gasteiger partial charge in [0.25, 0.3) is 0 Å². The van der Waals surface area contributed by atoms with Crippen molar-refractivity contribution in [1.82, 2.24) is 9.80 Å². The molecule has 0 unspecified atom stereocenters. The third-order valence-electron chi connectivity index (χ3n) is 4.79. The quantitative estimate of drug-likeness (QED) is 0.511. The van der Waals surface area contributed by atoms with Gasteiger partial charge in [-0.25, -0.2) is 0 Å². The average molecular weight is 490 g/mol. The van der Waals surface area contributed by atoms with E-state index in [0.717, 1.165) is 12.1 Å². The first-order valence-corrected chi connectivity index (χ1v) is 12.5. The number of hydrogen-bond donors (Lipinski definition) is 1. The van der Waals surface area contributed by atoms with Gasteiger partial charge in [0.2, 0.25) is 11.8 Å². The van der Waals surface area contributed by atoms with E-state index in [4.69, 9.17) is 4.18 Å².